The second-order valence-corrected chi connectivity index (χ2v) is 8.87. The SMILES string of the molecule is O=C1CC(NC(=O)Nc2nc3c(s2)CN(c2nc(C4(C(F)(F)F)CC4)no2)CC3)C1. The molecular weight excluding hydrogens is 425 g/mol. The summed E-state index contributed by atoms with van der Waals surface area (Å²) in [5.74, 6) is -0.189. The maximum Gasteiger partial charge on any atom is 0.401 e. The number of fused-ring (bicyclic) bond motifs is 1. The number of carbonyl (C=O) groups is 2. The van der Waals surface area contributed by atoms with E-state index in [0.29, 0.717) is 37.5 Å². The molecule has 0 aromatic carbocycles. The van der Waals surface area contributed by atoms with Gasteiger partial charge in [0.25, 0.3) is 0 Å². The van der Waals surface area contributed by atoms with E-state index in [2.05, 4.69) is 25.8 Å². The Morgan fingerprint density at radius 2 is 2.03 bits per heavy atom. The Morgan fingerprint density at radius 1 is 1.27 bits per heavy atom. The van der Waals surface area contributed by atoms with Crippen LogP contribution in [-0.4, -0.2) is 45.7 Å². The molecule has 2 amide bonds. The number of hydrogen-bond donors (Lipinski definition) is 2. The first-order valence-electron chi connectivity index (χ1n) is 9.47. The summed E-state index contributed by atoms with van der Waals surface area (Å²) in [5.41, 5.74) is -1.16. The van der Waals surface area contributed by atoms with E-state index in [4.69, 9.17) is 4.52 Å². The van der Waals surface area contributed by atoms with Gasteiger partial charge in [-0.3, -0.25) is 10.1 Å². The van der Waals surface area contributed by atoms with Crippen molar-refractivity contribution in [2.45, 2.75) is 56.3 Å². The normalized spacial score (nSPS) is 20.5. The largest absolute Gasteiger partial charge is 0.401 e. The van der Waals surface area contributed by atoms with Gasteiger partial charge in [0, 0.05) is 36.7 Å². The summed E-state index contributed by atoms with van der Waals surface area (Å²) < 4.78 is 44.9. The molecule has 0 bridgehead atoms. The number of ketones is 1. The molecule has 160 valence electrons. The van der Waals surface area contributed by atoms with Gasteiger partial charge in [0.15, 0.2) is 11.0 Å². The molecule has 2 fully saturated rings. The highest BCUT2D eigenvalue weighted by atomic mass is 32.1. The molecule has 2 saturated carbocycles. The Hall–Kier alpha value is -2.70. The number of aromatic nitrogens is 3. The molecule has 5 rings (SSSR count). The van der Waals surface area contributed by atoms with Gasteiger partial charge in [0.05, 0.1) is 12.2 Å². The molecule has 2 aromatic rings. The van der Waals surface area contributed by atoms with Crippen molar-refractivity contribution in [2.24, 2.45) is 0 Å². The molecular formula is C17H17F3N6O3S. The van der Waals surface area contributed by atoms with Crippen molar-refractivity contribution >= 4 is 34.3 Å². The molecule has 2 aromatic heterocycles. The van der Waals surface area contributed by atoms with Gasteiger partial charge < -0.3 is 14.7 Å². The van der Waals surface area contributed by atoms with Crippen LogP contribution in [0, 0.1) is 0 Å². The fraction of sp³-hybridized carbons (Fsp3) is 0.588. The van der Waals surface area contributed by atoms with Gasteiger partial charge in [-0.1, -0.05) is 16.5 Å². The number of halogens is 3. The third-order valence-corrected chi connectivity index (χ3v) is 6.64. The standard InChI is InChI=1S/C17H17F3N6O3S/c18-17(19,20)16(2-3-16)12-23-15(29-25-12)26-4-1-10-11(7-26)30-14(22-10)24-13(28)21-8-5-9(27)6-8/h8H,1-7H2,(H2,21,22,24,28). The van der Waals surface area contributed by atoms with Crippen LogP contribution in [0.5, 0.6) is 0 Å². The number of Topliss-reactive ketones (excluding diaryl/α,β-unsaturated/α-hetero) is 1. The van der Waals surface area contributed by atoms with Crippen LogP contribution < -0.4 is 15.5 Å². The minimum Gasteiger partial charge on any atom is -0.334 e. The summed E-state index contributed by atoms with van der Waals surface area (Å²) in [7, 11) is 0. The Morgan fingerprint density at radius 3 is 2.70 bits per heavy atom. The van der Waals surface area contributed by atoms with Crippen molar-refractivity contribution in [1.29, 1.82) is 0 Å². The molecule has 13 heteroatoms. The third-order valence-electron chi connectivity index (χ3n) is 5.64. The number of thiazole rings is 1. The van der Waals surface area contributed by atoms with Crippen molar-refractivity contribution in [3.63, 3.8) is 0 Å². The second kappa shape index (κ2) is 6.65. The van der Waals surface area contributed by atoms with E-state index in [1.807, 2.05) is 0 Å². The van der Waals surface area contributed by atoms with Gasteiger partial charge in [-0.15, -0.1) is 0 Å². The van der Waals surface area contributed by atoms with Gasteiger partial charge in [-0.2, -0.15) is 18.2 Å². The fourth-order valence-electron chi connectivity index (χ4n) is 3.62. The predicted octanol–water partition coefficient (Wildman–Crippen LogP) is 2.54. The highest BCUT2D eigenvalue weighted by molar-refractivity contribution is 7.15. The first kappa shape index (κ1) is 19.3. The van der Waals surface area contributed by atoms with Crippen LogP contribution in [0.3, 0.4) is 0 Å². The number of urea groups is 1. The smallest absolute Gasteiger partial charge is 0.334 e. The first-order chi connectivity index (χ1) is 14.2. The van der Waals surface area contributed by atoms with Crippen molar-refractivity contribution in [1.82, 2.24) is 20.4 Å². The summed E-state index contributed by atoms with van der Waals surface area (Å²) >= 11 is 1.28. The highest BCUT2D eigenvalue weighted by Crippen LogP contribution is 2.58. The number of nitrogens with one attached hydrogen (secondary N) is 2. The van der Waals surface area contributed by atoms with Crippen LogP contribution in [0.25, 0.3) is 0 Å². The zero-order valence-electron chi connectivity index (χ0n) is 15.6. The fourth-order valence-corrected chi connectivity index (χ4v) is 4.64. The maximum absolute atomic E-state index is 13.3. The van der Waals surface area contributed by atoms with Crippen LogP contribution >= 0.6 is 11.3 Å². The van der Waals surface area contributed by atoms with E-state index in [1.165, 1.54) is 11.3 Å². The van der Waals surface area contributed by atoms with Crippen molar-refractivity contribution in [3.8, 4) is 0 Å². The Labute approximate surface area is 172 Å². The summed E-state index contributed by atoms with van der Waals surface area (Å²) in [5, 5.41) is 9.38. The highest BCUT2D eigenvalue weighted by Gasteiger charge is 2.67. The number of anilines is 2. The van der Waals surface area contributed by atoms with E-state index in [0.717, 1.165) is 10.6 Å². The number of amides is 2. The summed E-state index contributed by atoms with van der Waals surface area (Å²) in [6.07, 6.45) is -3.22. The van der Waals surface area contributed by atoms with Crippen LogP contribution in [0.2, 0.25) is 0 Å². The van der Waals surface area contributed by atoms with Gasteiger partial charge in [0.1, 0.15) is 11.2 Å². The van der Waals surface area contributed by atoms with Crippen molar-refractivity contribution in [3.05, 3.63) is 16.4 Å². The van der Waals surface area contributed by atoms with E-state index in [-0.39, 0.29) is 36.5 Å². The van der Waals surface area contributed by atoms with Gasteiger partial charge in [-0.05, 0) is 12.8 Å². The molecule has 0 spiro atoms. The Kier molecular flexibility index (Phi) is 4.27. The Balaban J connectivity index is 1.24. The average Bonchev–Trinajstić information content (AvgIpc) is 3.16. The number of carbonyl (C=O) groups excluding carboxylic acids is 2. The van der Waals surface area contributed by atoms with Crippen molar-refractivity contribution in [2.75, 3.05) is 16.8 Å². The van der Waals surface area contributed by atoms with E-state index in [1.54, 1.807) is 4.90 Å². The average molecular weight is 442 g/mol. The molecule has 3 heterocycles. The van der Waals surface area contributed by atoms with Crippen LogP contribution in [0.15, 0.2) is 4.52 Å². The van der Waals surface area contributed by atoms with Crippen LogP contribution in [-0.2, 0) is 23.2 Å². The molecule has 2 N–H and O–H groups in total. The van der Waals surface area contributed by atoms with Crippen molar-refractivity contribution < 1.29 is 27.3 Å². The lowest BCUT2D eigenvalue weighted by molar-refractivity contribution is -0.162. The molecule has 1 aliphatic heterocycles. The van der Waals surface area contributed by atoms with Gasteiger partial charge in [-0.25, -0.2) is 9.78 Å². The zero-order chi connectivity index (χ0) is 21.1. The lowest BCUT2D eigenvalue weighted by Gasteiger charge is -2.24. The number of nitrogens with zero attached hydrogens (tertiary/aromatic N) is 4. The van der Waals surface area contributed by atoms with E-state index >= 15 is 0 Å². The quantitative estimate of drug-likeness (QED) is 0.748. The molecule has 0 saturated heterocycles. The molecule has 3 aliphatic rings. The third kappa shape index (κ3) is 3.30. The molecule has 0 radical (unpaired) electrons. The topological polar surface area (TPSA) is 113 Å². The maximum atomic E-state index is 13.3. The summed E-state index contributed by atoms with van der Waals surface area (Å²) in [4.78, 5) is 34.0. The van der Waals surface area contributed by atoms with E-state index < -0.39 is 17.6 Å². The predicted molar refractivity (Wildman–Crippen MR) is 98.3 cm³/mol. The summed E-state index contributed by atoms with van der Waals surface area (Å²) in [6.45, 7) is 0.821. The zero-order valence-corrected chi connectivity index (χ0v) is 16.4. The number of rotatable bonds is 4. The molecule has 0 unspecified atom stereocenters. The number of alkyl halides is 3. The molecule has 2 aliphatic carbocycles. The minimum absolute atomic E-state index is 0.0272. The monoisotopic (exact) mass is 442 g/mol. The minimum atomic E-state index is -4.39. The molecule has 30 heavy (non-hydrogen) atoms. The van der Waals surface area contributed by atoms with E-state index in [9.17, 15) is 22.8 Å². The number of hydrogen-bond acceptors (Lipinski definition) is 8. The van der Waals surface area contributed by atoms with Crippen LogP contribution in [0.1, 0.15) is 42.1 Å². The Bertz CT molecular complexity index is 1010. The van der Waals surface area contributed by atoms with Crippen LogP contribution in [0.4, 0.5) is 29.1 Å². The first-order valence-corrected chi connectivity index (χ1v) is 10.3. The summed E-state index contributed by atoms with van der Waals surface area (Å²) in [6, 6.07) is -0.499. The lowest BCUT2D eigenvalue weighted by Crippen LogP contribution is -2.46. The lowest BCUT2D eigenvalue weighted by atomic mass is 9.92. The second-order valence-electron chi connectivity index (χ2n) is 7.78. The van der Waals surface area contributed by atoms with Gasteiger partial charge >= 0.3 is 18.2 Å². The molecule has 9 nitrogen and oxygen atoms in total. The molecule has 0 atom stereocenters. The van der Waals surface area contributed by atoms with Gasteiger partial charge in [0.2, 0.25) is 0 Å².